The molecule has 0 bridgehead atoms. The van der Waals surface area contributed by atoms with Gasteiger partial charge in [-0.3, -0.25) is 4.79 Å². The molecule has 0 aliphatic carbocycles. The fraction of sp³-hybridized carbons (Fsp3) is 0.400. The van der Waals surface area contributed by atoms with Gasteiger partial charge in [-0.15, -0.1) is 6.58 Å². The molecule has 1 saturated heterocycles. The molecule has 3 atom stereocenters. The highest BCUT2D eigenvalue weighted by molar-refractivity contribution is 5.75. The molecule has 2 rings (SSSR count). The predicted octanol–water partition coefficient (Wildman–Crippen LogP) is 2.98. The van der Waals surface area contributed by atoms with Crippen LogP contribution >= 0.6 is 0 Å². The first-order valence-corrected chi connectivity index (χ1v) is 6.09. The van der Waals surface area contributed by atoms with Crippen LogP contribution in [0.1, 0.15) is 18.9 Å². The van der Waals surface area contributed by atoms with Crippen molar-refractivity contribution in [1.29, 1.82) is 0 Å². The third kappa shape index (κ3) is 2.57. The molecular formula is C15H18O2. The Morgan fingerprint density at radius 1 is 1.35 bits per heavy atom. The predicted molar refractivity (Wildman–Crippen MR) is 67.5 cm³/mol. The summed E-state index contributed by atoms with van der Waals surface area (Å²) in [5.41, 5.74) is 1.28. The Balaban J connectivity index is 1.95. The van der Waals surface area contributed by atoms with Crippen molar-refractivity contribution in [2.24, 2.45) is 11.8 Å². The number of cyclic esters (lactones) is 1. The monoisotopic (exact) mass is 230 g/mol. The van der Waals surface area contributed by atoms with E-state index in [1.54, 1.807) is 0 Å². The fourth-order valence-corrected chi connectivity index (χ4v) is 2.38. The van der Waals surface area contributed by atoms with Crippen molar-refractivity contribution in [1.82, 2.24) is 0 Å². The van der Waals surface area contributed by atoms with Gasteiger partial charge >= 0.3 is 5.97 Å². The lowest BCUT2D eigenvalue weighted by molar-refractivity contribution is -0.144. The van der Waals surface area contributed by atoms with Gasteiger partial charge in [0.25, 0.3) is 0 Å². The van der Waals surface area contributed by atoms with Crippen LogP contribution in [0.5, 0.6) is 0 Å². The number of ether oxygens (including phenoxy) is 1. The Bertz CT molecular complexity index is 397. The van der Waals surface area contributed by atoms with Crippen LogP contribution in [0.2, 0.25) is 0 Å². The van der Waals surface area contributed by atoms with Gasteiger partial charge in [-0.1, -0.05) is 43.3 Å². The Hall–Kier alpha value is -1.57. The number of rotatable bonds is 4. The Kier molecular flexibility index (Phi) is 3.62. The summed E-state index contributed by atoms with van der Waals surface area (Å²) in [6, 6.07) is 10.3. The number of hydrogen-bond acceptors (Lipinski definition) is 2. The minimum atomic E-state index is -0.0899. The molecule has 2 nitrogen and oxygen atoms in total. The molecule has 0 unspecified atom stereocenters. The Morgan fingerprint density at radius 2 is 2.06 bits per heavy atom. The van der Waals surface area contributed by atoms with Gasteiger partial charge < -0.3 is 4.74 Å². The van der Waals surface area contributed by atoms with Crippen molar-refractivity contribution in [3.63, 3.8) is 0 Å². The molecule has 1 aromatic carbocycles. The molecule has 1 aliphatic heterocycles. The van der Waals surface area contributed by atoms with Gasteiger partial charge in [-0.2, -0.15) is 0 Å². The highest BCUT2D eigenvalue weighted by Gasteiger charge is 2.39. The fourth-order valence-electron chi connectivity index (χ4n) is 2.38. The van der Waals surface area contributed by atoms with Crippen molar-refractivity contribution in [3.8, 4) is 0 Å². The Labute approximate surface area is 102 Å². The van der Waals surface area contributed by atoms with E-state index in [2.05, 4.69) is 18.7 Å². The molecule has 17 heavy (non-hydrogen) atoms. The average molecular weight is 230 g/mol. The van der Waals surface area contributed by atoms with Crippen molar-refractivity contribution >= 4 is 5.97 Å². The lowest BCUT2D eigenvalue weighted by Crippen LogP contribution is -2.17. The van der Waals surface area contributed by atoms with E-state index in [9.17, 15) is 4.79 Å². The van der Waals surface area contributed by atoms with Crippen molar-refractivity contribution in [3.05, 3.63) is 48.6 Å². The molecule has 0 spiro atoms. The van der Waals surface area contributed by atoms with Gasteiger partial charge in [-0.05, 0) is 18.4 Å². The molecule has 0 N–H and O–H groups in total. The van der Waals surface area contributed by atoms with Gasteiger partial charge in [0.05, 0.1) is 5.92 Å². The number of esters is 1. The maximum absolute atomic E-state index is 11.5. The highest BCUT2D eigenvalue weighted by Crippen LogP contribution is 2.31. The number of benzene rings is 1. The van der Waals surface area contributed by atoms with E-state index < -0.39 is 0 Å². The van der Waals surface area contributed by atoms with E-state index in [-0.39, 0.29) is 23.9 Å². The number of hydrogen-bond donors (Lipinski definition) is 0. The van der Waals surface area contributed by atoms with E-state index in [0.29, 0.717) is 0 Å². The summed E-state index contributed by atoms with van der Waals surface area (Å²) < 4.78 is 5.39. The molecular weight excluding hydrogens is 212 g/mol. The second kappa shape index (κ2) is 5.17. The van der Waals surface area contributed by atoms with Crippen LogP contribution in [-0.4, -0.2) is 12.1 Å². The topological polar surface area (TPSA) is 26.3 Å². The summed E-state index contributed by atoms with van der Waals surface area (Å²) in [5.74, 6) is 0.0208. The molecule has 1 fully saturated rings. The summed E-state index contributed by atoms with van der Waals surface area (Å²) in [6.07, 6.45) is 3.66. The van der Waals surface area contributed by atoms with Crippen molar-refractivity contribution < 1.29 is 9.53 Å². The molecule has 2 heteroatoms. The lowest BCUT2D eigenvalue weighted by Gasteiger charge is -2.15. The number of carbonyl (C=O) groups is 1. The molecule has 0 radical (unpaired) electrons. The summed E-state index contributed by atoms with van der Waals surface area (Å²) in [7, 11) is 0. The van der Waals surface area contributed by atoms with E-state index in [1.807, 2.05) is 31.2 Å². The Morgan fingerprint density at radius 3 is 2.71 bits per heavy atom. The summed E-state index contributed by atoms with van der Waals surface area (Å²) >= 11 is 0. The zero-order valence-corrected chi connectivity index (χ0v) is 10.1. The van der Waals surface area contributed by atoms with E-state index in [1.165, 1.54) is 5.56 Å². The first-order chi connectivity index (χ1) is 8.22. The van der Waals surface area contributed by atoms with Gasteiger partial charge in [0.15, 0.2) is 0 Å². The zero-order chi connectivity index (χ0) is 12.3. The quantitative estimate of drug-likeness (QED) is 0.587. The third-order valence-electron chi connectivity index (χ3n) is 3.48. The first-order valence-electron chi connectivity index (χ1n) is 6.09. The van der Waals surface area contributed by atoms with Gasteiger partial charge in [0.2, 0.25) is 0 Å². The van der Waals surface area contributed by atoms with Gasteiger partial charge in [0.1, 0.15) is 6.10 Å². The second-order valence-electron chi connectivity index (χ2n) is 4.60. The molecule has 1 heterocycles. The van der Waals surface area contributed by atoms with Crippen LogP contribution in [0.25, 0.3) is 0 Å². The maximum Gasteiger partial charge on any atom is 0.309 e. The van der Waals surface area contributed by atoms with Crippen LogP contribution < -0.4 is 0 Å². The largest absolute Gasteiger partial charge is 0.461 e. The third-order valence-corrected chi connectivity index (χ3v) is 3.48. The van der Waals surface area contributed by atoms with Crippen LogP contribution in [0.4, 0.5) is 0 Å². The summed E-state index contributed by atoms with van der Waals surface area (Å²) in [6.45, 7) is 5.71. The minimum absolute atomic E-state index is 0.00444. The maximum atomic E-state index is 11.5. The smallest absolute Gasteiger partial charge is 0.309 e. The number of carbonyl (C=O) groups excluding carboxylic acids is 1. The molecule has 0 saturated carbocycles. The van der Waals surface area contributed by atoms with Crippen LogP contribution in [-0.2, 0) is 16.0 Å². The number of aryl methyl sites for hydroxylation is 1. The minimum Gasteiger partial charge on any atom is -0.461 e. The van der Waals surface area contributed by atoms with Crippen molar-refractivity contribution in [2.45, 2.75) is 25.9 Å². The summed E-state index contributed by atoms with van der Waals surface area (Å²) in [5, 5.41) is 0. The van der Waals surface area contributed by atoms with E-state index in [0.717, 1.165) is 12.8 Å². The average Bonchev–Trinajstić information content (AvgIpc) is 2.63. The van der Waals surface area contributed by atoms with E-state index in [4.69, 9.17) is 4.74 Å². The molecule has 0 aromatic heterocycles. The van der Waals surface area contributed by atoms with Crippen LogP contribution in [0.15, 0.2) is 43.0 Å². The SMILES string of the molecule is C=C[C@H]1[C@H](C)C(=O)O[C@@H]1CCc1ccccc1. The second-order valence-corrected chi connectivity index (χ2v) is 4.60. The zero-order valence-electron chi connectivity index (χ0n) is 10.1. The normalized spacial score (nSPS) is 27.8. The van der Waals surface area contributed by atoms with E-state index >= 15 is 0 Å². The van der Waals surface area contributed by atoms with Gasteiger partial charge in [-0.25, -0.2) is 0 Å². The summed E-state index contributed by atoms with van der Waals surface area (Å²) in [4.78, 5) is 11.5. The van der Waals surface area contributed by atoms with Crippen LogP contribution in [0.3, 0.4) is 0 Å². The lowest BCUT2D eigenvalue weighted by atomic mass is 9.89. The molecule has 1 aromatic rings. The molecule has 1 aliphatic rings. The standard InChI is InChI=1S/C15H18O2/c1-3-13-11(2)15(16)17-14(13)10-9-12-7-5-4-6-8-12/h3-8,11,13-14H,1,9-10H2,2H3/t11-,13-,14+/m0/s1. The molecule has 0 amide bonds. The van der Waals surface area contributed by atoms with Crippen molar-refractivity contribution in [2.75, 3.05) is 0 Å². The molecule has 90 valence electrons. The highest BCUT2D eigenvalue weighted by atomic mass is 16.6. The van der Waals surface area contributed by atoms with Crippen LogP contribution in [0, 0.1) is 11.8 Å². The first kappa shape index (κ1) is 11.9. The van der Waals surface area contributed by atoms with Gasteiger partial charge in [0, 0.05) is 5.92 Å².